The Labute approximate surface area is 94.3 Å². The van der Waals surface area contributed by atoms with Crippen molar-refractivity contribution < 1.29 is 0 Å². The fourth-order valence-corrected chi connectivity index (χ4v) is 1.31. The molecule has 0 bridgehead atoms. The molecule has 0 radical (unpaired) electrons. The molecule has 1 nitrogen and oxygen atoms in total. The van der Waals surface area contributed by atoms with E-state index in [-0.39, 0.29) is 17.0 Å². The number of halogens is 1. The molecule has 0 aliphatic carbocycles. The quantitative estimate of drug-likeness (QED) is 0.770. The van der Waals surface area contributed by atoms with E-state index in [0.29, 0.717) is 0 Å². The summed E-state index contributed by atoms with van der Waals surface area (Å²) in [6.45, 7) is 0. The minimum absolute atomic E-state index is 0. The fraction of sp³-hybridized carbons (Fsp3) is 0. The van der Waals surface area contributed by atoms with Crippen molar-refractivity contribution in [1.29, 1.82) is 0 Å². The van der Waals surface area contributed by atoms with Gasteiger partial charge in [-0.1, -0.05) is 42.5 Å². The van der Waals surface area contributed by atoms with Gasteiger partial charge in [0.1, 0.15) is 0 Å². The Bertz CT molecular complexity index is 381. The predicted octanol–water partition coefficient (Wildman–Crippen LogP) is 3.51. The van der Waals surface area contributed by atoms with E-state index in [1.54, 1.807) is 0 Å². The minimum atomic E-state index is 0. The smallest absolute Gasteiger partial charge is 0.0314 e. The van der Waals surface area contributed by atoms with E-state index < -0.39 is 0 Å². The van der Waals surface area contributed by atoms with Gasteiger partial charge in [-0.3, -0.25) is 0 Å². The van der Waals surface area contributed by atoms with Crippen LogP contribution in [-0.2, 0) is 0 Å². The molecule has 0 aromatic heterocycles. The van der Waals surface area contributed by atoms with Crippen LogP contribution in [0.3, 0.4) is 0 Å². The van der Waals surface area contributed by atoms with Crippen molar-refractivity contribution in [3.05, 3.63) is 54.6 Å². The normalized spacial score (nSPS) is 9.14. The number of anilines is 1. The Hall–Kier alpha value is -1.28. The molecule has 14 heavy (non-hydrogen) atoms. The molecule has 0 spiro atoms. The third-order valence-electron chi connectivity index (χ3n) is 2.02. The van der Waals surface area contributed by atoms with E-state index in [4.69, 9.17) is 5.73 Å². The standard InChI is InChI=1S/C12H11N.BrH/c13-12-8-6-11(7-9-12)10-4-2-1-3-5-10;/h1-9H,13H2;1H. The van der Waals surface area contributed by atoms with Crippen LogP contribution in [-0.4, -0.2) is 0 Å². The highest BCUT2D eigenvalue weighted by molar-refractivity contribution is 8.93. The summed E-state index contributed by atoms with van der Waals surface area (Å²) >= 11 is 0. The Morgan fingerprint density at radius 1 is 0.643 bits per heavy atom. The van der Waals surface area contributed by atoms with Crippen molar-refractivity contribution >= 4 is 22.7 Å². The van der Waals surface area contributed by atoms with Crippen LogP contribution in [0.2, 0.25) is 0 Å². The van der Waals surface area contributed by atoms with Gasteiger partial charge in [-0.15, -0.1) is 17.0 Å². The molecule has 0 unspecified atom stereocenters. The number of nitrogen functional groups attached to an aromatic ring is 1. The van der Waals surface area contributed by atoms with Crippen LogP contribution in [0.15, 0.2) is 54.6 Å². The van der Waals surface area contributed by atoms with Crippen molar-refractivity contribution in [2.45, 2.75) is 0 Å². The lowest BCUT2D eigenvalue weighted by molar-refractivity contribution is 1.61. The van der Waals surface area contributed by atoms with Gasteiger partial charge in [-0.05, 0) is 23.3 Å². The molecule has 2 rings (SSSR count). The molecule has 0 aliphatic heterocycles. The zero-order chi connectivity index (χ0) is 9.10. The molecule has 2 aromatic carbocycles. The predicted molar refractivity (Wildman–Crippen MR) is 66.6 cm³/mol. The first-order valence-corrected chi connectivity index (χ1v) is 4.27. The monoisotopic (exact) mass is 249 g/mol. The molecule has 72 valence electrons. The van der Waals surface area contributed by atoms with E-state index >= 15 is 0 Å². The summed E-state index contributed by atoms with van der Waals surface area (Å²) in [6.07, 6.45) is 0. The summed E-state index contributed by atoms with van der Waals surface area (Å²) in [6, 6.07) is 18.2. The summed E-state index contributed by atoms with van der Waals surface area (Å²) in [5.41, 5.74) is 8.84. The average Bonchev–Trinajstić information content (AvgIpc) is 2.20. The van der Waals surface area contributed by atoms with Gasteiger partial charge in [0.2, 0.25) is 0 Å². The summed E-state index contributed by atoms with van der Waals surface area (Å²) < 4.78 is 0. The first-order chi connectivity index (χ1) is 6.36. The minimum Gasteiger partial charge on any atom is -0.399 e. The van der Waals surface area contributed by atoms with Gasteiger partial charge in [0, 0.05) is 5.69 Å². The van der Waals surface area contributed by atoms with E-state index in [1.807, 2.05) is 42.5 Å². The second-order valence-electron chi connectivity index (χ2n) is 2.99. The van der Waals surface area contributed by atoms with Crippen LogP contribution in [0.1, 0.15) is 0 Å². The Morgan fingerprint density at radius 3 is 1.71 bits per heavy atom. The molecular formula is C12H12BrN. The molecule has 0 saturated heterocycles. The Kier molecular flexibility index (Phi) is 3.72. The van der Waals surface area contributed by atoms with Gasteiger partial charge < -0.3 is 5.73 Å². The van der Waals surface area contributed by atoms with Crippen molar-refractivity contribution in [1.82, 2.24) is 0 Å². The van der Waals surface area contributed by atoms with Crippen molar-refractivity contribution in [2.75, 3.05) is 5.73 Å². The highest BCUT2D eigenvalue weighted by atomic mass is 79.9. The summed E-state index contributed by atoms with van der Waals surface area (Å²) in [4.78, 5) is 0. The molecule has 0 fully saturated rings. The summed E-state index contributed by atoms with van der Waals surface area (Å²) in [5, 5.41) is 0. The lowest BCUT2D eigenvalue weighted by atomic mass is 10.1. The first kappa shape index (κ1) is 10.8. The number of hydrogen-bond donors (Lipinski definition) is 1. The van der Waals surface area contributed by atoms with Crippen LogP contribution in [0.25, 0.3) is 11.1 Å². The molecule has 2 N–H and O–H groups in total. The molecule has 0 heterocycles. The molecule has 0 atom stereocenters. The van der Waals surface area contributed by atoms with Crippen LogP contribution in [0, 0.1) is 0 Å². The highest BCUT2D eigenvalue weighted by Crippen LogP contribution is 2.19. The maximum Gasteiger partial charge on any atom is 0.0314 e. The summed E-state index contributed by atoms with van der Waals surface area (Å²) in [5.74, 6) is 0. The molecule has 2 heteroatoms. The zero-order valence-corrected chi connectivity index (χ0v) is 9.39. The molecule has 0 amide bonds. The topological polar surface area (TPSA) is 26.0 Å². The fourth-order valence-electron chi connectivity index (χ4n) is 1.31. The van der Waals surface area contributed by atoms with E-state index in [2.05, 4.69) is 12.1 Å². The third-order valence-corrected chi connectivity index (χ3v) is 2.02. The van der Waals surface area contributed by atoms with Crippen molar-refractivity contribution in [2.24, 2.45) is 0 Å². The molecule has 0 aliphatic rings. The Balaban J connectivity index is 0.000000980. The Morgan fingerprint density at radius 2 is 1.14 bits per heavy atom. The van der Waals surface area contributed by atoms with E-state index in [9.17, 15) is 0 Å². The third kappa shape index (κ3) is 2.36. The molecular weight excluding hydrogens is 238 g/mol. The number of hydrogen-bond acceptors (Lipinski definition) is 1. The van der Waals surface area contributed by atoms with E-state index in [0.717, 1.165) is 5.69 Å². The highest BCUT2D eigenvalue weighted by Gasteiger charge is 1.94. The molecule has 2 aromatic rings. The molecule has 0 saturated carbocycles. The SMILES string of the molecule is Br.Nc1ccc(-c2ccccc2)cc1. The van der Waals surface area contributed by atoms with Gasteiger partial charge in [-0.2, -0.15) is 0 Å². The second kappa shape index (κ2) is 4.82. The van der Waals surface area contributed by atoms with Crippen molar-refractivity contribution in [3.63, 3.8) is 0 Å². The lowest BCUT2D eigenvalue weighted by Crippen LogP contribution is -1.83. The largest absolute Gasteiger partial charge is 0.399 e. The maximum atomic E-state index is 5.60. The van der Waals surface area contributed by atoms with Crippen LogP contribution < -0.4 is 5.73 Å². The number of nitrogens with two attached hydrogens (primary N) is 1. The van der Waals surface area contributed by atoms with Gasteiger partial charge in [0.05, 0.1) is 0 Å². The average molecular weight is 250 g/mol. The number of rotatable bonds is 1. The number of benzene rings is 2. The van der Waals surface area contributed by atoms with Crippen LogP contribution in [0.5, 0.6) is 0 Å². The van der Waals surface area contributed by atoms with Gasteiger partial charge in [0.15, 0.2) is 0 Å². The maximum absolute atomic E-state index is 5.60. The summed E-state index contributed by atoms with van der Waals surface area (Å²) in [7, 11) is 0. The lowest BCUT2D eigenvalue weighted by Gasteiger charge is -2.00. The van der Waals surface area contributed by atoms with Gasteiger partial charge in [-0.25, -0.2) is 0 Å². The van der Waals surface area contributed by atoms with Crippen LogP contribution >= 0.6 is 17.0 Å². The van der Waals surface area contributed by atoms with Crippen molar-refractivity contribution in [3.8, 4) is 11.1 Å². The van der Waals surface area contributed by atoms with E-state index in [1.165, 1.54) is 11.1 Å². The first-order valence-electron chi connectivity index (χ1n) is 4.27. The second-order valence-corrected chi connectivity index (χ2v) is 2.99. The van der Waals surface area contributed by atoms with Gasteiger partial charge >= 0.3 is 0 Å². The van der Waals surface area contributed by atoms with Crippen LogP contribution in [0.4, 0.5) is 5.69 Å². The zero-order valence-electron chi connectivity index (χ0n) is 7.68. The van der Waals surface area contributed by atoms with Gasteiger partial charge in [0.25, 0.3) is 0 Å².